The molecule has 1 heterocycles. The first kappa shape index (κ1) is 30.3. The van der Waals surface area contributed by atoms with Gasteiger partial charge in [0, 0.05) is 25.4 Å². The average molecular weight is 581 g/mol. The smallest absolute Gasteiger partial charge is 0.331 e. The zero-order valence-electron chi connectivity index (χ0n) is 27.7. The molecule has 0 bridgehead atoms. The van der Waals surface area contributed by atoms with Crippen molar-refractivity contribution < 1.29 is 19.2 Å². The van der Waals surface area contributed by atoms with Crippen molar-refractivity contribution in [2.75, 3.05) is 26.3 Å². The quantitative estimate of drug-likeness (QED) is 0.194. The predicted octanol–water partition coefficient (Wildman–Crippen LogP) is 7.42. The van der Waals surface area contributed by atoms with Gasteiger partial charge < -0.3 is 14.5 Å². The average Bonchev–Trinajstić information content (AvgIpc) is 2.94. The molecule has 9 atom stereocenters. The second-order valence-electron chi connectivity index (χ2n) is 16.6. The van der Waals surface area contributed by atoms with Crippen molar-refractivity contribution in [1.29, 1.82) is 0 Å². The number of allylic oxidation sites excluding steroid dienone is 2. The number of carbonyl (C=O) groups is 2. The van der Waals surface area contributed by atoms with Crippen molar-refractivity contribution in [1.82, 2.24) is 4.90 Å². The monoisotopic (exact) mass is 580 g/mol. The highest BCUT2D eigenvalue weighted by Gasteiger charge is 2.69. The first-order valence-corrected chi connectivity index (χ1v) is 17.0. The van der Waals surface area contributed by atoms with Crippen molar-refractivity contribution in [3.05, 3.63) is 11.6 Å². The molecule has 1 saturated heterocycles. The van der Waals surface area contributed by atoms with Crippen LogP contribution in [0.15, 0.2) is 16.8 Å². The van der Waals surface area contributed by atoms with Crippen LogP contribution in [0.1, 0.15) is 113 Å². The van der Waals surface area contributed by atoms with Crippen LogP contribution in [0.4, 0.5) is 0 Å². The van der Waals surface area contributed by atoms with Gasteiger partial charge in [0.1, 0.15) is 0 Å². The third kappa shape index (κ3) is 4.08. The maximum Gasteiger partial charge on any atom is 0.331 e. The number of amides is 1. The fourth-order valence-electron chi connectivity index (χ4n) is 12.0. The van der Waals surface area contributed by atoms with E-state index >= 15 is 0 Å². The van der Waals surface area contributed by atoms with E-state index in [1.54, 1.807) is 5.57 Å². The molecule has 42 heavy (non-hydrogen) atoms. The summed E-state index contributed by atoms with van der Waals surface area (Å²) in [6.45, 7) is 21.6. The molecule has 0 aromatic rings. The Bertz CT molecular complexity index is 1180. The lowest BCUT2D eigenvalue weighted by atomic mass is 9.33. The van der Waals surface area contributed by atoms with Gasteiger partial charge in [-0.1, -0.05) is 65.3 Å². The molecule has 0 spiro atoms. The molecule has 3 unspecified atom stereocenters. The van der Waals surface area contributed by atoms with E-state index in [-0.39, 0.29) is 33.0 Å². The molecule has 6 aliphatic rings. The summed E-state index contributed by atoms with van der Waals surface area (Å²) in [6.07, 6.45) is 12.5. The molecule has 0 radical (unpaired) electrons. The maximum atomic E-state index is 14.5. The lowest BCUT2D eigenvalue weighted by Crippen LogP contribution is -2.66. The van der Waals surface area contributed by atoms with E-state index in [0.29, 0.717) is 48.7 Å². The van der Waals surface area contributed by atoms with Gasteiger partial charge in [-0.3, -0.25) is 4.79 Å². The molecule has 6 heteroatoms. The second-order valence-corrected chi connectivity index (χ2v) is 16.6. The summed E-state index contributed by atoms with van der Waals surface area (Å²) in [5.41, 5.74) is 2.82. The highest BCUT2D eigenvalue weighted by atomic mass is 16.7. The van der Waals surface area contributed by atoms with Crippen LogP contribution in [0.2, 0.25) is 0 Å². The summed E-state index contributed by atoms with van der Waals surface area (Å²) >= 11 is 0. The lowest BCUT2D eigenvalue weighted by molar-refractivity contribution is -0.179. The molecule has 1 amide bonds. The lowest BCUT2D eigenvalue weighted by Gasteiger charge is -2.71. The fraction of sp³-hybridized carbons (Fsp3) is 0.861. The number of morpholine rings is 1. The minimum atomic E-state index is -0.340. The molecule has 0 aromatic heterocycles. The second kappa shape index (κ2) is 10.2. The van der Waals surface area contributed by atoms with Gasteiger partial charge in [-0.05, 0) is 104 Å². The Kier molecular flexibility index (Phi) is 7.35. The number of nitrogens with zero attached hydrogens (tertiary/aromatic N) is 2. The van der Waals surface area contributed by atoms with Gasteiger partial charge in [-0.2, -0.15) is 0 Å². The number of rotatable bonds is 2. The number of hydrogen-bond acceptors (Lipinski definition) is 5. The number of hydrogen-bond donors (Lipinski definition) is 0. The zero-order chi connectivity index (χ0) is 30.3. The normalized spacial score (nSPS) is 47.3. The maximum absolute atomic E-state index is 14.5. The van der Waals surface area contributed by atoms with Crippen molar-refractivity contribution in [2.45, 2.75) is 113 Å². The van der Waals surface area contributed by atoms with Gasteiger partial charge in [-0.25, -0.2) is 4.79 Å². The fourth-order valence-corrected chi connectivity index (χ4v) is 12.0. The van der Waals surface area contributed by atoms with E-state index in [1.807, 2.05) is 0 Å². The minimum absolute atomic E-state index is 0.102. The van der Waals surface area contributed by atoms with E-state index in [4.69, 9.17) is 9.57 Å². The summed E-state index contributed by atoms with van der Waals surface area (Å²) < 4.78 is 5.65. The van der Waals surface area contributed by atoms with Crippen molar-refractivity contribution in [3.8, 4) is 0 Å². The van der Waals surface area contributed by atoms with Gasteiger partial charge in [0.25, 0.3) is 0 Å². The number of fused-ring (bicyclic) bond motifs is 7. The van der Waals surface area contributed by atoms with Crippen molar-refractivity contribution in [3.63, 3.8) is 0 Å². The molecule has 6 rings (SSSR count). The minimum Gasteiger partial charge on any atom is -0.378 e. The van der Waals surface area contributed by atoms with Crippen LogP contribution in [0.3, 0.4) is 0 Å². The molecular formula is C36H56N2O4. The Hall–Kier alpha value is -1.69. The van der Waals surface area contributed by atoms with Gasteiger partial charge in [-0.15, -0.1) is 0 Å². The van der Waals surface area contributed by atoms with E-state index in [9.17, 15) is 9.59 Å². The first-order valence-electron chi connectivity index (χ1n) is 17.0. The predicted molar refractivity (Wildman–Crippen MR) is 166 cm³/mol. The van der Waals surface area contributed by atoms with Gasteiger partial charge in [0.15, 0.2) is 0 Å². The Morgan fingerprint density at radius 1 is 0.952 bits per heavy atom. The summed E-state index contributed by atoms with van der Waals surface area (Å²) in [4.78, 5) is 33.5. The number of ether oxygens (including phenoxy) is 1. The van der Waals surface area contributed by atoms with E-state index in [0.717, 1.165) is 63.7 Å². The number of oxime groups is 1. The summed E-state index contributed by atoms with van der Waals surface area (Å²) in [7, 11) is 0. The van der Waals surface area contributed by atoms with Gasteiger partial charge in [0.2, 0.25) is 5.91 Å². The zero-order valence-corrected chi connectivity index (χ0v) is 27.7. The molecule has 5 aliphatic carbocycles. The van der Waals surface area contributed by atoms with Crippen molar-refractivity contribution >= 4 is 17.6 Å². The van der Waals surface area contributed by atoms with Crippen LogP contribution >= 0.6 is 0 Å². The SMILES string of the molecule is CC(=O)O/N=C1\CC[C@@]2(C)C(CC[C@]3(C)C2CC=C2C4[C@@H](C)[C@H](C)CC[C@]4(C(=O)N4CCOCC4)CC[C@]23C)C1(C)C. The molecular weight excluding hydrogens is 524 g/mol. The van der Waals surface area contributed by atoms with Crippen LogP contribution in [0.5, 0.6) is 0 Å². The topological polar surface area (TPSA) is 68.2 Å². The van der Waals surface area contributed by atoms with E-state index in [1.165, 1.54) is 19.8 Å². The molecule has 4 saturated carbocycles. The number of carbonyl (C=O) groups excluding carboxylic acids is 2. The largest absolute Gasteiger partial charge is 0.378 e. The van der Waals surface area contributed by atoms with Crippen LogP contribution < -0.4 is 0 Å². The first-order chi connectivity index (χ1) is 19.7. The Labute approximate surface area is 254 Å². The van der Waals surface area contributed by atoms with Crippen LogP contribution in [0, 0.1) is 56.7 Å². The Morgan fingerprint density at radius 3 is 2.36 bits per heavy atom. The molecule has 0 N–H and O–H groups in total. The summed E-state index contributed by atoms with van der Waals surface area (Å²) in [5.74, 6) is 2.66. The highest BCUT2D eigenvalue weighted by Crippen LogP contribution is 2.75. The van der Waals surface area contributed by atoms with Crippen LogP contribution in [-0.2, 0) is 19.2 Å². The van der Waals surface area contributed by atoms with E-state index < -0.39 is 0 Å². The Morgan fingerprint density at radius 2 is 1.67 bits per heavy atom. The highest BCUT2D eigenvalue weighted by molar-refractivity contribution is 5.91. The Balaban J connectivity index is 1.38. The third-order valence-electron chi connectivity index (χ3n) is 14.8. The molecule has 5 fully saturated rings. The van der Waals surface area contributed by atoms with Crippen LogP contribution in [-0.4, -0.2) is 48.8 Å². The third-order valence-corrected chi connectivity index (χ3v) is 14.8. The van der Waals surface area contributed by atoms with Crippen LogP contribution in [0.25, 0.3) is 0 Å². The van der Waals surface area contributed by atoms with Gasteiger partial charge in [0.05, 0.1) is 24.3 Å². The molecule has 6 nitrogen and oxygen atoms in total. The summed E-state index contributed by atoms with van der Waals surface area (Å²) in [5, 5.41) is 4.39. The molecule has 0 aromatic carbocycles. The summed E-state index contributed by atoms with van der Waals surface area (Å²) in [6, 6.07) is 0. The van der Waals surface area contributed by atoms with E-state index in [2.05, 4.69) is 64.6 Å². The van der Waals surface area contributed by atoms with Crippen molar-refractivity contribution in [2.24, 2.45) is 61.8 Å². The van der Waals surface area contributed by atoms with Gasteiger partial charge >= 0.3 is 5.97 Å². The molecule has 1 aliphatic heterocycles. The standard InChI is InChI=1S/C36H56N2O4/c1-23-11-16-36(31(40)38-19-21-41-22-20-38)18-17-34(7)26(30(36)24(23)2)9-10-28-33(6)14-13-29(37-42-25(3)39)32(4,5)27(33)12-15-35(28,34)8/h9,23-24,27-28,30H,10-22H2,1-8H3/b37-29+/t23-,24+,27?,28?,30?,33+,34-,35-,36+/m1/s1. The molecule has 234 valence electrons.